The van der Waals surface area contributed by atoms with E-state index in [4.69, 9.17) is 15.9 Å². The number of rotatable bonds is 3. The first-order valence-electron chi connectivity index (χ1n) is 10.1. The fourth-order valence-corrected chi connectivity index (χ4v) is 3.78. The van der Waals surface area contributed by atoms with Gasteiger partial charge in [0, 0.05) is 42.2 Å². The van der Waals surface area contributed by atoms with Crippen LogP contribution in [0.2, 0.25) is 0 Å². The number of allylic oxidation sites excluding steroid dienone is 1. The molecule has 9 heteroatoms. The molecule has 8 nitrogen and oxygen atoms in total. The van der Waals surface area contributed by atoms with Crippen LogP contribution in [-0.4, -0.2) is 27.5 Å². The Kier molecular flexibility index (Phi) is 5.60. The number of nitrogens with one attached hydrogen (secondary N) is 2. The molecule has 0 amide bonds. The highest BCUT2D eigenvalue weighted by atomic mass is 19.1. The Morgan fingerprint density at radius 2 is 2.22 bits per heavy atom. The third kappa shape index (κ3) is 3.78. The summed E-state index contributed by atoms with van der Waals surface area (Å²) in [5.74, 6) is 0.133. The van der Waals surface area contributed by atoms with Crippen molar-refractivity contribution in [1.29, 1.82) is 10.7 Å². The van der Waals surface area contributed by atoms with Crippen molar-refractivity contribution in [2.45, 2.75) is 26.4 Å². The minimum atomic E-state index is -0.587. The molecule has 2 bridgehead atoms. The van der Waals surface area contributed by atoms with Crippen LogP contribution in [0.25, 0.3) is 11.4 Å². The molecule has 3 heterocycles. The molecule has 1 atom stereocenters. The van der Waals surface area contributed by atoms with Crippen LogP contribution in [0.3, 0.4) is 0 Å². The number of nitrogen functional groups attached to an aromatic ring is 1. The molecule has 1 aliphatic rings. The number of nitriles is 1. The summed E-state index contributed by atoms with van der Waals surface area (Å²) in [5, 5.41) is 25.2. The molecule has 0 aliphatic carbocycles. The summed E-state index contributed by atoms with van der Waals surface area (Å²) < 4.78 is 21.9. The average molecular weight is 431 g/mol. The molecule has 0 saturated heterocycles. The van der Waals surface area contributed by atoms with E-state index in [-0.39, 0.29) is 11.5 Å². The highest BCUT2D eigenvalue weighted by Gasteiger charge is 2.22. The van der Waals surface area contributed by atoms with Crippen molar-refractivity contribution in [3.63, 3.8) is 0 Å². The van der Waals surface area contributed by atoms with Crippen molar-refractivity contribution < 1.29 is 9.13 Å². The highest BCUT2D eigenvalue weighted by Crippen LogP contribution is 2.33. The van der Waals surface area contributed by atoms with Gasteiger partial charge in [0.15, 0.2) is 17.3 Å². The molecule has 0 spiro atoms. The molecule has 162 valence electrons. The Labute approximate surface area is 184 Å². The minimum Gasteiger partial charge on any atom is -0.482 e. The number of fused-ring (bicyclic) bond motifs is 5. The number of nitrogens with zero attached hydrogens (tertiary/aromatic N) is 4. The summed E-state index contributed by atoms with van der Waals surface area (Å²) in [6.45, 7) is 4.36. The van der Waals surface area contributed by atoms with Gasteiger partial charge in [0.25, 0.3) is 0 Å². The molecule has 4 rings (SSSR count). The molecule has 1 unspecified atom stereocenters. The lowest BCUT2D eigenvalue weighted by Crippen LogP contribution is -2.18. The predicted octanol–water partition coefficient (Wildman–Crippen LogP) is 3.53. The van der Waals surface area contributed by atoms with Gasteiger partial charge in [0.1, 0.15) is 18.0 Å². The van der Waals surface area contributed by atoms with Gasteiger partial charge in [0.05, 0.1) is 11.4 Å². The molecular formula is C23H22FN7O. The van der Waals surface area contributed by atoms with Crippen LogP contribution in [0.15, 0.2) is 42.1 Å². The summed E-state index contributed by atoms with van der Waals surface area (Å²) in [5.41, 5.74) is 10.2. The first-order valence-corrected chi connectivity index (χ1v) is 10.1. The number of aromatic nitrogens is 3. The smallest absolute Gasteiger partial charge is 0.166 e. The van der Waals surface area contributed by atoms with E-state index in [1.165, 1.54) is 18.3 Å². The van der Waals surface area contributed by atoms with Crippen LogP contribution < -0.4 is 15.8 Å². The number of ether oxygens (including phenoxy) is 1. The molecule has 0 fully saturated rings. The standard InChI is InChI=1S/C23H22FN7O/c1-3-28-22-14(10-25)6-18-9-17(11-26)30-31(18)20-5-4-16(24)8-19(20)13(2)32-21-7-15(22)12-29-23(21)27/h4-5,7-10,12-13,25,28H,3,6H2,1-2H3,(H2,27,29)/b22-14-,25-10?. The number of halogens is 1. The molecule has 32 heavy (non-hydrogen) atoms. The highest BCUT2D eigenvalue weighted by molar-refractivity contribution is 5.89. The van der Waals surface area contributed by atoms with Gasteiger partial charge in [-0.25, -0.2) is 14.1 Å². The number of benzene rings is 1. The van der Waals surface area contributed by atoms with Crippen LogP contribution in [0.5, 0.6) is 5.75 Å². The maximum absolute atomic E-state index is 14.2. The van der Waals surface area contributed by atoms with E-state index in [2.05, 4.69) is 21.5 Å². The van der Waals surface area contributed by atoms with E-state index < -0.39 is 11.9 Å². The van der Waals surface area contributed by atoms with Gasteiger partial charge in [-0.05, 0) is 49.8 Å². The zero-order valence-corrected chi connectivity index (χ0v) is 17.7. The van der Waals surface area contributed by atoms with Gasteiger partial charge in [0.2, 0.25) is 0 Å². The summed E-state index contributed by atoms with van der Waals surface area (Å²) in [6, 6.07) is 9.82. The number of anilines is 1. The Hall–Kier alpha value is -4.19. The van der Waals surface area contributed by atoms with E-state index in [9.17, 15) is 9.65 Å². The van der Waals surface area contributed by atoms with E-state index in [1.54, 1.807) is 36.0 Å². The first kappa shape index (κ1) is 21.1. The zero-order chi connectivity index (χ0) is 22.8. The van der Waals surface area contributed by atoms with Crippen molar-refractivity contribution in [3.8, 4) is 17.5 Å². The van der Waals surface area contributed by atoms with Crippen LogP contribution in [-0.2, 0) is 6.42 Å². The van der Waals surface area contributed by atoms with Gasteiger partial charge < -0.3 is 21.2 Å². The van der Waals surface area contributed by atoms with Crippen molar-refractivity contribution in [2.75, 3.05) is 12.3 Å². The van der Waals surface area contributed by atoms with E-state index in [0.717, 1.165) is 0 Å². The summed E-state index contributed by atoms with van der Waals surface area (Å²) in [7, 11) is 0. The predicted molar refractivity (Wildman–Crippen MR) is 119 cm³/mol. The quantitative estimate of drug-likeness (QED) is 0.545. The molecule has 3 aromatic rings. The second-order valence-electron chi connectivity index (χ2n) is 7.37. The van der Waals surface area contributed by atoms with Gasteiger partial charge in [-0.2, -0.15) is 10.4 Å². The maximum Gasteiger partial charge on any atom is 0.166 e. The van der Waals surface area contributed by atoms with Crippen LogP contribution in [0, 0.1) is 22.6 Å². The third-order valence-electron chi connectivity index (χ3n) is 5.25. The van der Waals surface area contributed by atoms with Crippen LogP contribution in [0.1, 0.15) is 42.5 Å². The molecule has 1 aromatic carbocycles. The van der Waals surface area contributed by atoms with Gasteiger partial charge in [-0.15, -0.1) is 0 Å². The Morgan fingerprint density at radius 1 is 1.41 bits per heavy atom. The molecule has 0 saturated carbocycles. The summed E-state index contributed by atoms with van der Waals surface area (Å²) in [6.07, 6.45) is 2.60. The molecule has 2 aromatic heterocycles. The van der Waals surface area contributed by atoms with Crippen molar-refractivity contribution in [3.05, 3.63) is 70.4 Å². The SMILES string of the molecule is CCN/C1=C(\C=N)Cc2cc(C#N)nn2-c2ccc(F)cc2C(C)Oc2cc1cnc2N. The topological polar surface area (TPSA) is 126 Å². The minimum absolute atomic E-state index is 0.203. The van der Waals surface area contributed by atoms with E-state index in [1.807, 2.05) is 6.92 Å². The normalized spacial score (nSPS) is 17.6. The number of pyridine rings is 1. The lowest BCUT2D eigenvalue weighted by Gasteiger charge is -2.23. The third-order valence-corrected chi connectivity index (χ3v) is 5.25. The monoisotopic (exact) mass is 431 g/mol. The van der Waals surface area contributed by atoms with Crippen LogP contribution >= 0.6 is 0 Å². The summed E-state index contributed by atoms with van der Waals surface area (Å²) in [4.78, 5) is 4.27. The Bertz CT molecular complexity index is 1270. The van der Waals surface area contributed by atoms with Gasteiger partial charge in [-0.3, -0.25) is 0 Å². The largest absolute Gasteiger partial charge is 0.482 e. The number of hydrogen-bond acceptors (Lipinski definition) is 7. The Balaban J connectivity index is 2.04. The Morgan fingerprint density at radius 3 is 2.94 bits per heavy atom. The second-order valence-corrected chi connectivity index (χ2v) is 7.37. The number of nitrogens with two attached hydrogens (primary N) is 1. The molecular weight excluding hydrogens is 409 g/mol. The maximum atomic E-state index is 14.2. The molecule has 4 N–H and O–H groups in total. The second kappa shape index (κ2) is 8.51. The van der Waals surface area contributed by atoms with Gasteiger partial charge in [-0.1, -0.05) is 0 Å². The van der Waals surface area contributed by atoms with Crippen molar-refractivity contribution >= 4 is 17.7 Å². The fourth-order valence-electron chi connectivity index (χ4n) is 3.78. The van der Waals surface area contributed by atoms with Crippen LogP contribution in [0.4, 0.5) is 10.2 Å². The van der Waals surface area contributed by atoms with Gasteiger partial charge >= 0.3 is 0 Å². The lowest BCUT2D eigenvalue weighted by atomic mass is 10.0. The summed E-state index contributed by atoms with van der Waals surface area (Å²) >= 11 is 0. The zero-order valence-electron chi connectivity index (χ0n) is 17.7. The van der Waals surface area contributed by atoms with Crippen molar-refractivity contribution in [2.24, 2.45) is 0 Å². The molecule has 0 radical (unpaired) electrons. The first-order chi connectivity index (χ1) is 15.4. The van der Waals surface area contributed by atoms with E-state index >= 15 is 0 Å². The molecule has 1 aliphatic heterocycles. The van der Waals surface area contributed by atoms with E-state index in [0.29, 0.717) is 52.5 Å². The fraction of sp³-hybridized carbons (Fsp3) is 0.217. The lowest BCUT2D eigenvalue weighted by molar-refractivity contribution is 0.226. The average Bonchev–Trinajstić information content (AvgIpc) is 3.19. The number of hydrogen-bond donors (Lipinski definition) is 3. The van der Waals surface area contributed by atoms with Crippen molar-refractivity contribution in [1.82, 2.24) is 20.1 Å².